The molecular formula is C26H23N3O. The van der Waals surface area contributed by atoms with Gasteiger partial charge in [0.15, 0.2) is 0 Å². The Morgan fingerprint density at radius 3 is 2.17 bits per heavy atom. The Bertz CT molecular complexity index is 1300. The molecule has 0 fully saturated rings. The van der Waals surface area contributed by atoms with Gasteiger partial charge in [-0.3, -0.25) is 0 Å². The molecule has 3 aromatic carbocycles. The Kier molecular flexibility index (Phi) is 4.47. The smallest absolute Gasteiger partial charge is 0.120 e. The maximum atomic E-state index is 5.49. The molecule has 0 aliphatic carbocycles. The molecule has 4 nitrogen and oxygen atoms in total. The topological polar surface area (TPSA) is 39.9 Å². The van der Waals surface area contributed by atoms with E-state index in [1.54, 1.807) is 7.11 Å². The molecule has 0 spiro atoms. The zero-order chi connectivity index (χ0) is 20.7. The number of ether oxygens (including phenoxy) is 1. The Balaban J connectivity index is 1.73. The lowest BCUT2D eigenvalue weighted by Crippen LogP contribution is -2.04. The molecule has 0 atom stereocenters. The number of fused-ring (bicyclic) bond motifs is 3. The van der Waals surface area contributed by atoms with Crippen LogP contribution in [0.2, 0.25) is 0 Å². The van der Waals surface area contributed by atoms with E-state index < -0.39 is 0 Å². The lowest BCUT2D eigenvalue weighted by atomic mass is 10.0. The van der Waals surface area contributed by atoms with Crippen molar-refractivity contribution in [3.63, 3.8) is 0 Å². The van der Waals surface area contributed by atoms with Gasteiger partial charge in [-0.15, -0.1) is 10.2 Å². The molecule has 0 amide bonds. The van der Waals surface area contributed by atoms with Crippen LogP contribution in [0.4, 0.5) is 0 Å². The van der Waals surface area contributed by atoms with Gasteiger partial charge in [-0.05, 0) is 31.5 Å². The molecule has 0 N–H and O–H groups in total. The van der Waals surface area contributed by atoms with Crippen LogP contribution in [0, 0.1) is 13.8 Å². The van der Waals surface area contributed by atoms with Gasteiger partial charge >= 0.3 is 0 Å². The molecular weight excluding hydrogens is 370 g/mol. The van der Waals surface area contributed by atoms with E-state index in [0.717, 1.165) is 45.7 Å². The summed E-state index contributed by atoms with van der Waals surface area (Å²) in [6.45, 7) is 4.96. The first kappa shape index (κ1) is 18.4. The summed E-state index contributed by atoms with van der Waals surface area (Å²) in [7, 11) is 1.70. The summed E-state index contributed by atoms with van der Waals surface area (Å²) >= 11 is 0. The van der Waals surface area contributed by atoms with Gasteiger partial charge in [-0.1, -0.05) is 59.7 Å². The lowest BCUT2D eigenvalue weighted by molar-refractivity contribution is 0.415. The van der Waals surface area contributed by atoms with Crippen LogP contribution in [-0.2, 0) is 6.54 Å². The summed E-state index contributed by atoms with van der Waals surface area (Å²) in [5.41, 5.74) is 8.80. The van der Waals surface area contributed by atoms with Gasteiger partial charge in [0.2, 0.25) is 0 Å². The summed E-state index contributed by atoms with van der Waals surface area (Å²) < 4.78 is 7.76. The number of hydrogen-bond acceptors (Lipinski definition) is 3. The maximum absolute atomic E-state index is 5.49. The second-order valence-electron chi connectivity index (χ2n) is 7.80. The highest BCUT2D eigenvalue weighted by Gasteiger charge is 2.20. The van der Waals surface area contributed by atoms with Gasteiger partial charge in [0.1, 0.15) is 17.1 Å². The molecule has 0 radical (unpaired) electrons. The van der Waals surface area contributed by atoms with Crippen LogP contribution in [0.1, 0.15) is 16.7 Å². The Labute approximate surface area is 176 Å². The van der Waals surface area contributed by atoms with E-state index in [1.807, 2.05) is 6.07 Å². The summed E-state index contributed by atoms with van der Waals surface area (Å²) in [5, 5.41) is 10.2. The molecule has 0 aromatic heterocycles. The molecule has 0 unspecified atom stereocenters. The van der Waals surface area contributed by atoms with Gasteiger partial charge in [0.25, 0.3) is 0 Å². The average molecular weight is 393 g/mol. The second kappa shape index (κ2) is 7.30. The standard InChI is InChI=1S/C26H23N3O/c1-17-4-8-19(9-5-17)15-29-16-23-25(20-10-6-18(2)7-11-20)27-28-26(23)22-13-12-21(30-3)14-24(22)29/h4-14,16H,15H2,1-3H3. The van der Waals surface area contributed by atoms with E-state index in [9.17, 15) is 0 Å². The van der Waals surface area contributed by atoms with Crippen molar-refractivity contribution in [3.05, 3.63) is 89.6 Å². The molecule has 2 aliphatic heterocycles. The Morgan fingerprint density at radius 1 is 0.800 bits per heavy atom. The third kappa shape index (κ3) is 3.20. The summed E-state index contributed by atoms with van der Waals surface area (Å²) in [6.07, 6.45) is 2.17. The number of rotatable bonds is 4. The van der Waals surface area contributed by atoms with Crippen LogP contribution in [0.25, 0.3) is 33.4 Å². The van der Waals surface area contributed by atoms with Crippen molar-refractivity contribution in [2.45, 2.75) is 20.4 Å². The van der Waals surface area contributed by atoms with E-state index in [2.05, 4.69) is 95.5 Å². The largest absolute Gasteiger partial charge is 0.497 e. The van der Waals surface area contributed by atoms with Crippen molar-refractivity contribution < 1.29 is 4.74 Å². The fraction of sp³-hybridized carbons (Fsp3) is 0.154. The van der Waals surface area contributed by atoms with Gasteiger partial charge < -0.3 is 9.30 Å². The van der Waals surface area contributed by atoms with Gasteiger partial charge in [-0.2, -0.15) is 0 Å². The van der Waals surface area contributed by atoms with Gasteiger partial charge in [0.05, 0.1) is 12.6 Å². The van der Waals surface area contributed by atoms with Crippen molar-refractivity contribution in [2.24, 2.45) is 0 Å². The van der Waals surface area contributed by atoms with Crippen molar-refractivity contribution in [1.29, 1.82) is 0 Å². The second-order valence-corrected chi connectivity index (χ2v) is 7.80. The first-order valence-corrected chi connectivity index (χ1v) is 10.1. The molecule has 0 saturated heterocycles. The van der Waals surface area contributed by atoms with E-state index in [0.29, 0.717) is 0 Å². The van der Waals surface area contributed by atoms with E-state index in [-0.39, 0.29) is 0 Å². The number of nitrogens with zero attached hydrogens (tertiary/aromatic N) is 3. The highest BCUT2D eigenvalue weighted by Crippen LogP contribution is 2.37. The molecule has 4 heteroatoms. The third-order valence-electron chi connectivity index (χ3n) is 5.61. The Morgan fingerprint density at radius 2 is 1.47 bits per heavy atom. The van der Waals surface area contributed by atoms with Crippen LogP contribution < -0.4 is 4.74 Å². The number of benzene rings is 3. The van der Waals surface area contributed by atoms with Crippen LogP contribution >= 0.6 is 0 Å². The predicted molar refractivity (Wildman–Crippen MR) is 121 cm³/mol. The van der Waals surface area contributed by atoms with Crippen LogP contribution in [0.3, 0.4) is 0 Å². The molecule has 5 rings (SSSR count). The third-order valence-corrected chi connectivity index (χ3v) is 5.61. The number of hydrogen-bond donors (Lipinski definition) is 0. The maximum Gasteiger partial charge on any atom is 0.120 e. The van der Waals surface area contributed by atoms with Gasteiger partial charge in [0, 0.05) is 35.3 Å². The van der Waals surface area contributed by atoms with E-state index in [4.69, 9.17) is 4.74 Å². The highest BCUT2D eigenvalue weighted by molar-refractivity contribution is 5.98. The molecule has 148 valence electrons. The first-order valence-electron chi connectivity index (χ1n) is 10.1. The monoisotopic (exact) mass is 393 g/mol. The van der Waals surface area contributed by atoms with Crippen molar-refractivity contribution >= 4 is 10.9 Å². The molecule has 2 aliphatic rings. The van der Waals surface area contributed by atoms with Crippen molar-refractivity contribution in [2.75, 3.05) is 7.11 Å². The number of aryl methyl sites for hydroxylation is 2. The van der Waals surface area contributed by atoms with Crippen molar-refractivity contribution in [3.8, 4) is 28.3 Å². The molecule has 30 heavy (non-hydrogen) atoms. The first-order chi connectivity index (χ1) is 14.6. The summed E-state index contributed by atoms with van der Waals surface area (Å²) in [5.74, 6) is 0.831. The van der Waals surface area contributed by atoms with E-state index >= 15 is 0 Å². The van der Waals surface area contributed by atoms with Crippen molar-refractivity contribution in [1.82, 2.24) is 14.8 Å². The zero-order valence-electron chi connectivity index (χ0n) is 17.4. The number of methoxy groups -OCH3 is 1. The predicted octanol–water partition coefficient (Wildman–Crippen LogP) is 5.88. The minimum atomic E-state index is 0.762. The van der Waals surface area contributed by atoms with Crippen LogP contribution in [-0.4, -0.2) is 21.9 Å². The molecule has 0 saturated carbocycles. The minimum Gasteiger partial charge on any atom is -0.497 e. The summed E-state index contributed by atoms with van der Waals surface area (Å²) in [4.78, 5) is 0. The molecule has 0 bridgehead atoms. The van der Waals surface area contributed by atoms with Crippen LogP contribution in [0.15, 0.2) is 72.9 Å². The minimum absolute atomic E-state index is 0.762. The SMILES string of the molecule is COc1ccc2c3nnc(-c4ccc(C)cc4)c-3cn(Cc3ccc(C)cc3)c2c1. The fourth-order valence-electron chi connectivity index (χ4n) is 3.89. The number of aromatic nitrogens is 3. The Hall–Kier alpha value is -3.66. The normalized spacial score (nSPS) is 11.3. The quantitative estimate of drug-likeness (QED) is 0.383. The van der Waals surface area contributed by atoms with Gasteiger partial charge in [-0.25, -0.2) is 0 Å². The molecule has 2 heterocycles. The average Bonchev–Trinajstić information content (AvgIpc) is 3.19. The zero-order valence-corrected chi connectivity index (χ0v) is 17.4. The summed E-state index contributed by atoms with van der Waals surface area (Å²) in [6, 6.07) is 23.3. The molecule has 3 aromatic rings. The van der Waals surface area contributed by atoms with Crippen LogP contribution in [0.5, 0.6) is 5.75 Å². The fourth-order valence-corrected chi connectivity index (χ4v) is 3.89. The lowest BCUT2D eigenvalue weighted by Gasteiger charge is -2.16. The van der Waals surface area contributed by atoms with E-state index in [1.165, 1.54) is 16.7 Å². The number of pyridine rings is 1. The highest BCUT2D eigenvalue weighted by atomic mass is 16.5.